The normalized spacial score (nSPS) is 16.7. The summed E-state index contributed by atoms with van der Waals surface area (Å²) in [4.78, 5) is 0. The minimum atomic E-state index is -4.39. The first-order chi connectivity index (χ1) is 5.38. The number of rotatable bonds is 3. The number of hydrogen-bond acceptors (Lipinski definition) is 3. The second-order valence-corrected chi connectivity index (χ2v) is 2.25. The van der Waals surface area contributed by atoms with Crippen molar-refractivity contribution in [3.63, 3.8) is 0 Å². The van der Waals surface area contributed by atoms with Gasteiger partial charge in [-0.3, -0.25) is 0 Å². The fourth-order valence-electron chi connectivity index (χ4n) is 0.380. The van der Waals surface area contributed by atoms with Crippen LogP contribution in [0.4, 0.5) is 13.2 Å². The van der Waals surface area contributed by atoms with Crippen molar-refractivity contribution in [1.82, 2.24) is 0 Å². The highest BCUT2D eigenvalue weighted by molar-refractivity contribution is 4.86. The number of halogens is 3. The molecule has 0 saturated carbocycles. The van der Waals surface area contributed by atoms with E-state index < -0.39 is 24.9 Å². The van der Waals surface area contributed by atoms with E-state index in [4.69, 9.17) is 11.0 Å². The molecule has 0 fully saturated rings. The Morgan fingerprint density at radius 2 is 2.08 bits per heavy atom. The van der Waals surface area contributed by atoms with Crippen LogP contribution in [0.2, 0.25) is 0 Å². The van der Waals surface area contributed by atoms with Crippen LogP contribution in [0.1, 0.15) is 6.92 Å². The minimum absolute atomic E-state index is 0.406. The molecule has 0 rings (SSSR count). The molecule has 2 atom stereocenters. The van der Waals surface area contributed by atoms with Gasteiger partial charge in [0, 0.05) is 0 Å². The van der Waals surface area contributed by atoms with Crippen molar-refractivity contribution < 1.29 is 17.9 Å². The smallest absolute Gasteiger partial charge is 0.366 e. The molecular formula is C6H9F3N2O. The Kier molecular flexibility index (Phi) is 4.00. The second-order valence-electron chi connectivity index (χ2n) is 2.25. The highest BCUT2D eigenvalue weighted by atomic mass is 19.4. The molecule has 70 valence electrons. The predicted molar refractivity (Wildman–Crippen MR) is 35.1 cm³/mol. The molecule has 0 heterocycles. The lowest BCUT2D eigenvalue weighted by Crippen LogP contribution is -2.33. The molecule has 2 N–H and O–H groups in total. The zero-order valence-corrected chi connectivity index (χ0v) is 6.43. The topological polar surface area (TPSA) is 59.0 Å². The van der Waals surface area contributed by atoms with Gasteiger partial charge in [-0.1, -0.05) is 0 Å². The molecule has 0 amide bonds. The Bertz CT molecular complexity index is 175. The van der Waals surface area contributed by atoms with Crippen molar-refractivity contribution in [3.05, 3.63) is 0 Å². The number of nitrogens with zero attached hydrogens (tertiary/aromatic N) is 1. The fourth-order valence-corrected chi connectivity index (χ4v) is 0.380. The van der Waals surface area contributed by atoms with Gasteiger partial charge in [0.1, 0.15) is 6.04 Å². The lowest BCUT2D eigenvalue weighted by Gasteiger charge is -2.16. The molecule has 0 spiro atoms. The maximum Gasteiger partial charge on any atom is 0.414 e. The van der Waals surface area contributed by atoms with Crippen LogP contribution in [0.5, 0.6) is 0 Å². The first-order valence-corrected chi connectivity index (χ1v) is 3.21. The Morgan fingerprint density at radius 1 is 1.58 bits per heavy atom. The molecule has 2 unspecified atom stereocenters. The average Bonchev–Trinajstić information content (AvgIpc) is 1.97. The van der Waals surface area contributed by atoms with Crippen LogP contribution < -0.4 is 5.73 Å². The quantitative estimate of drug-likeness (QED) is 0.702. The zero-order chi connectivity index (χ0) is 9.78. The number of hydrogen-bond donors (Lipinski definition) is 1. The Hall–Kier alpha value is -0.800. The summed E-state index contributed by atoms with van der Waals surface area (Å²) in [6, 6.07) is 0.552. The molecule has 0 radical (unpaired) electrons. The third-order valence-corrected chi connectivity index (χ3v) is 1.15. The SMILES string of the molecule is CC(OCC(N)C#N)C(F)(F)F. The summed E-state index contributed by atoms with van der Waals surface area (Å²) in [6.45, 7) is 0.460. The van der Waals surface area contributed by atoms with E-state index in [-0.39, 0.29) is 0 Å². The van der Waals surface area contributed by atoms with Crippen LogP contribution in [-0.2, 0) is 4.74 Å². The zero-order valence-electron chi connectivity index (χ0n) is 6.43. The summed E-state index contributed by atoms with van der Waals surface area (Å²) in [5.74, 6) is 0. The van der Waals surface area contributed by atoms with Crippen LogP contribution in [0.15, 0.2) is 0 Å². The van der Waals surface area contributed by atoms with Crippen molar-refractivity contribution in [2.45, 2.75) is 25.2 Å². The number of alkyl halides is 3. The molecule has 0 aromatic rings. The van der Waals surface area contributed by atoms with Crippen molar-refractivity contribution in [3.8, 4) is 6.07 Å². The van der Waals surface area contributed by atoms with E-state index in [2.05, 4.69) is 4.74 Å². The van der Waals surface area contributed by atoms with Gasteiger partial charge in [0.2, 0.25) is 0 Å². The van der Waals surface area contributed by atoms with E-state index >= 15 is 0 Å². The lowest BCUT2D eigenvalue weighted by molar-refractivity contribution is -0.214. The molecule has 0 aromatic heterocycles. The molecule has 0 aliphatic carbocycles. The Balaban J connectivity index is 3.74. The van der Waals surface area contributed by atoms with Gasteiger partial charge in [-0.15, -0.1) is 0 Å². The summed E-state index contributed by atoms with van der Waals surface area (Å²) in [6.07, 6.45) is -6.27. The summed E-state index contributed by atoms with van der Waals surface area (Å²) in [5, 5.41) is 8.11. The number of ether oxygens (including phenoxy) is 1. The average molecular weight is 182 g/mol. The molecule has 0 aromatic carbocycles. The van der Waals surface area contributed by atoms with E-state index in [0.29, 0.717) is 0 Å². The van der Waals surface area contributed by atoms with E-state index in [9.17, 15) is 13.2 Å². The van der Waals surface area contributed by atoms with Gasteiger partial charge in [-0.25, -0.2) is 0 Å². The Morgan fingerprint density at radius 3 is 2.42 bits per heavy atom. The fraction of sp³-hybridized carbons (Fsp3) is 0.833. The standard InChI is InChI=1S/C6H9F3N2O/c1-4(6(7,8)9)12-3-5(11)2-10/h4-5H,3,11H2,1H3. The van der Waals surface area contributed by atoms with Crippen LogP contribution in [0, 0.1) is 11.3 Å². The summed E-state index contributed by atoms with van der Waals surface area (Å²) < 4.78 is 39.6. The summed E-state index contributed by atoms with van der Waals surface area (Å²) in [7, 11) is 0. The summed E-state index contributed by atoms with van der Waals surface area (Å²) in [5.41, 5.74) is 5.01. The molecule has 0 bridgehead atoms. The van der Waals surface area contributed by atoms with Gasteiger partial charge < -0.3 is 10.5 Å². The molecule has 0 aliphatic rings. The van der Waals surface area contributed by atoms with Gasteiger partial charge in [0.15, 0.2) is 6.10 Å². The summed E-state index contributed by atoms with van der Waals surface area (Å²) >= 11 is 0. The second kappa shape index (κ2) is 4.28. The molecule has 6 heteroatoms. The van der Waals surface area contributed by atoms with E-state index in [1.807, 2.05) is 0 Å². The van der Waals surface area contributed by atoms with Gasteiger partial charge in [0.05, 0.1) is 12.7 Å². The molecule has 0 saturated heterocycles. The monoisotopic (exact) mass is 182 g/mol. The van der Waals surface area contributed by atoms with Crippen molar-refractivity contribution >= 4 is 0 Å². The van der Waals surface area contributed by atoms with Crippen molar-refractivity contribution in [2.75, 3.05) is 6.61 Å². The van der Waals surface area contributed by atoms with Crippen LogP contribution >= 0.6 is 0 Å². The molecule has 12 heavy (non-hydrogen) atoms. The lowest BCUT2D eigenvalue weighted by atomic mass is 10.3. The number of nitrogens with two attached hydrogens (primary N) is 1. The molecule has 0 aliphatic heterocycles. The van der Waals surface area contributed by atoms with Crippen LogP contribution in [0.25, 0.3) is 0 Å². The van der Waals surface area contributed by atoms with Gasteiger partial charge in [-0.05, 0) is 6.92 Å². The van der Waals surface area contributed by atoms with Crippen LogP contribution in [-0.4, -0.2) is 24.9 Å². The Labute approximate surface area is 67.9 Å². The number of nitriles is 1. The minimum Gasteiger partial charge on any atom is -0.366 e. The molecule has 3 nitrogen and oxygen atoms in total. The maximum atomic E-state index is 11.8. The first kappa shape index (κ1) is 11.2. The van der Waals surface area contributed by atoms with Gasteiger partial charge in [-0.2, -0.15) is 18.4 Å². The highest BCUT2D eigenvalue weighted by Gasteiger charge is 2.37. The van der Waals surface area contributed by atoms with Crippen LogP contribution in [0.3, 0.4) is 0 Å². The third-order valence-electron chi connectivity index (χ3n) is 1.15. The van der Waals surface area contributed by atoms with Crippen molar-refractivity contribution in [2.24, 2.45) is 5.73 Å². The highest BCUT2D eigenvalue weighted by Crippen LogP contribution is 2.22. The van der Waals surface area contributed by atoms with E-state index in [0.717, 1.165) is 6.92 Å². The first-order valence-electron chi connectivity index (χ1n) is 3.21. The maximum absolute atomic E-state index is 11.8. The van der Waals surface area contributed by atoms with E-state index in [1.54, 1.807) is 6.07 Å². The van der Waals surface area contributed by atoms with E-state index in [1.165, 1.54) is 0 Å². The predicted octanol–water partition coefficient (Wildman–Crippen LogP) is 0.805. The third kappa shape index (κ3) is 4.16. The van der Waals surface area contributed by atoms with Crippen molar-refractivity contribution in [1.29, 1.82) is 5.26 Å². The van der Waals surface area contributed by atoms with Gasteiger partial charge in [0.25, 0.3) is 0 Å². The van der Waals surface area contributed by atoms with Gasteiger partial charge >= 0.3 is 6.18 Å². The largest absolute Gasteiger partial charge is 0.414 e. The molecular weight excluding hydrogens is 173 g/mol.